The Bertz CT molecular complexity index is 1230. The fourth-order valence-corrected chi connectivity index (χ4v) is 3.30. The van der Waals surface area contributed by atoms with Crippen molar-refractivity contribution in [3.8, 4) is 28.8 Å². The number of ether oxygens (including phenoxy) is 1. The second-order valence-corrected chi connectivity index (χ2v) is 7.32. The van der Waals surface area contributed by atoms with Crippen molar-refractivity contribution in [1.29, 1.82) is 5.26 Å². The summed E-state index contributed by atoms with van der Waals surface area (Å²) in [5, 5.41) is 13.7. The molecule has 0 unspecified atom stereocenters. The van der Waals surface area contributed by atoms with E-state index in [2.05, 4.69) is 6.07 Å². The monoisotopic (exact) mass is 422 g/mol. The van der Waals surface area contributed by atoms with Crippen molar-refractivity contribution in [3.63, 3.8) is 0 Å². The molecule has 0 aliphatic heterocycles. The van der Waals surface area contributed by atoms with E-state index in [4.69, 9.17) is 15.1 Å². The fraction of sp³-hybridized carbons (Fsp3) is 0.115. The van der Waals surface area contributed by atoms with Crippen molar-refractivity contribution in [1.82, 2.24) is 14.7 Å². The molecule has 4 aromatic rings. The molecule has 0 radical (unpaired) electrons. The van der Waals surface area contributed by atoms with Gasteiger partial charge in [0.25, 0.3) is 5.91 Å². The maximum absolute atomic E-state index is 12.7. The number of para-hydroxylation sites is 1. The van der Waals surface area contributed by atoms with E-state index in [9.17, 15) is 4.79 Å². The van der Waals surface area contributed by atoms with E-state index in [0.717, 1.165) is 22.5 Å². The third-order valence-electron chi connectivity index (χ3n) is 5.04. The zero-order valence-electron chi connectivity index (χ0n) is 17.7. The number of nitrogens with zero attached hydrogens (tertiary/aromatic N) is 4. The fourth-order valence-electron chi connectivity index (χ4n) is 3.30. The lowest BCUT2D eigenvalue weighted by molar-refractivity contribution is -0.132. The van der Waals surface area contributed by atoms with Gasteiger partial charge in [-0.15, -0.1) is 0 Å². The molecule has 0 aliphatic rings. The Morgan fingerprint density at radius 3 is 2.31 bits per heavy atom. The Hall–Kier alpha value is -4.37. The molecular weight excluding hydrogens is 400 g/mol. The number of carbonyl (C=O) groups excluding carboxylic acids is 1. The quantitative estimate of drug-likeness (QED) is 0.441. The molecule has 0 saturated carbocycles. The minimum Gasteiger partial charge on any atom is -0.484 e. The second-order valence-electron chi connectivity index (χ2n) is 7.32. The van der Waals surface area contributed by atoms with Crippen LogP contribution in [0.3, 0.4) is 0 Å². The van der Waals surface area contributed by atoms with Crippen LogP contribution in [0.4, 0.5) is 0 Å². The number of aromatic nitrogens is 2. The number of hydrogen-bond donors (Lipinski definition) is 0. The Balaban J connectivity index is 1.51. The van der Waals surface area contributed by atoms with Gasteiger partial charge in [-0.05, 0) is 36.4 Å². The normalized spacial score (nSPS) is 10.4. The first kappa shape index (κ1) is 20.9. The summed E-state index contributed by atoms with van der Waals surface area (Å²) in [6, 6.07) is 28.6. The van der Waals surface area contributed by atoms with E-state index in [1.165, 1.54) is 0 Å². The highest BCUT2D eigenvalue weighted by atomic mass is 16.5. The standard InChI is InChI=1S/C26H22N4O2/c1-29(25(31)19-32-24-14-12-20(16-27)13-15-24)17-22-18-30(23-10-6-3-7-11-23)28-26(22)21-8-4-2-5-9-21/h2-15,18H,17,19H2,1H3. The van der Waals surface area contributed by atoms with Crippen molar-refractivity contribution in [3.05, 3.63) is 102 Å². The molecule has 6 heteroatoms. The molecule has 0 bridgehead atoms. The van der Waals surface area contributed by atoms with E-state index in [1.807, 2.05) is 71.5 Å². The van der Waals surface area contributed by atoms with Crippen LogP contribution in [0.1, 0.15) is 11.1 Å². The lowest BCUT2D eigenvalue weighted by Crippen LogP contribution is -2.31. The summed E-state index contributed by atoms with van der Waals surface area (Å²) in [6.07, 6.45) is 1.96. The predicted molar refractivity (Wildman–Crippen MR) is 122 cm³/mol. The van der Waals surface area contributed by atoms with Crippen LogP contribution in [0, 0.1) is 11.3 Å². The van der Waals surface area contributed by atoms with Crippen LogP contribution in [-0.2, 0) is 11.3 Å². The number of carbonyl (C=O) groups is 1. The van der Waals surface area contributed by atoms with E-state index in [0.29, 0.717) is 17.9 Å². The molecule has 32 heavy (non-hydrogen) atoms. The third kappa shape index (κ3) is 4.85. The van der Waals surface area contributed by atoms with Gasteiger partial charge >= 0.3 is 0 Å². The number of likely N-dealkylation sites (N-methyl/N-ethyl adjacent to an activating group) is 1. The van der Waals surface area contributed by atoms with Gasteiger partial charge in [-0.2, -0.15) is 10.4 Å². The highest BCUT2D eigenvalue weighted by molar-refractivity contribution is 5.78. The van der Waals surface area contributed by atoms with Crippen molar-refractivity contribution < 1.29 is 9.53 Å². The maximum atomic E-state index is 12.7. The summed E-state index contributed by atoms with van der Waals surface area (Å²) in [5.74, 6) is 0.397. The van der Waals surface area contributed by atoms with Gasteiger partial charge in [0.2, 0.25) is 0 Å². The highest BCUT2D eigenvalue weighted by Gasteiger charge is 2.17. The minimum atomic E-state index is -0.152. The largest absolute Gasteiger partial charge is 0.484 e. The molecule has 0 N–H and O–H groups in total. The minimum absolute atomic E-state index is 0.0874. The van der Waals surface area contributed by atoms with Gasteiger partial charge in [-0.1, -0.05) is 48.5 Å². The molecule has 0 aliphatic carbocycles. The van der Waals surface area contributed by atoms with E-state index in [1.54, 1.807) is 36.2 Å². The number of nitriles is 1. The topological polar surface area (TPSA) is 71.2 Å². The van der Waals surface area contributed by atoms with Crippen molar-refractivity contribution in [2.75, 3.05) is 13.7 Å². The summed E-state index contributed by atoms with van der Waals surface area (Å²) in [4.78, 5) is 14.3. The van der Waals surface area contributed by atoms with Gasteiger partial charge in [0, 0.05) is 30.9 Å². The van der Waals surface area contributed by atoms with Crippen LogP contribution < -0.4 is 4.74 Å². The zero-order valence-corrected chi connectivity index (χ0v) is 17.7. The first-order valence-electron chi connectivity index (χ1n) is 10.2. The van der Waals surface area contributed by atoms with Crippen molar-refractivity contribution >= 4 is 5.91 Å². The molecule has 3 aromatic carbocycles. The maximum Gasteiger partial charge on any atom is 0.260 e. The molecule has 1 heterocycles. The molecule has 1 amide bonds. The zero-order chi connectivity index (χ0) is 22.3. The molecule has 0 atom stereocenters. The summed E-state index contributed by atoms with van der Waals surface area (Å²) >= 11 is 0. The first-order chi connectivity index (χ1) is 15.6. The Morgan fingerprint density at radius 2 is 1.66 bits per heavy atom. The van der Waals surface area contributed by atoms with E-state index in [-0.39, 0.29) is 12.5 Å². The smallest absolute Gasteiger partial charge is 0.260 e. The highest BCUT2D eigenvalue weighted by Crippen LogP contribution is 2.24. The molecule has 0 spiro atoms. The van der Waals surface area contributed by atoms with Gasteiger partial charge in [0.05, 0.1) is 23.0 Å². The van der Waals surface area contributed by atoms with Crippen LogP contribution in [0.2, 0.25) is 0 Å². The second kappa shape index (κ2) is 9.63. The van der Waals surface area contributed by atoms with Gasteiger partial charge in [0.15, 0.2) is 6.61 Å². The van der Waals surface area contributed by atoms with Crippen LogP contribution in [-0.4, -0.2) is 34.2 Å². The average Bonchev–Trinajstić information content (AvgIpc) is 3.27. The molecule has 6 nitrogen and oxygen atoms in total. The van der Waals surface area contributed by atoms with Crippen LogP contribution in [0.5, 0.6) is 5.75 Å². The summed E-state index contributed by atoms with van der Waals surface area (Å²) in [5.41, 5.74) is 4.27. The first-order valence-corrected chi connectivity index (χ1v) is 10.2. The number of amides is 1. The lowest BCUT2D eigenvalue weighted by atomic mass is 10.1. The summed E-state index contributed by atoms with van der Waals surface area (Å²) < 4.78 is 7.43. The van der Waals surface area contributed by atoms with Gasteiger partial charge in [-0.25, -0.2) is 4.68 Å². The number of hydrogen-bond acceptors (Lipinski definition) is 4. The molecule has 158 valence electrons. The Kier molecular flexibility index (Phi) is 6.28. The molecular formula is C26H22N4O2. The van der Waals surface area contributed by atoms with Gasteiger partial charge in [-0.3, -0.25) is 4.79 Å². The van der Waals surface area contributed by atoms with Gasteiger partial charge < -0.3 is 9.64 Å². The van der Waals surface area contributed by atoms with Crippen LogP contribution >= 0.6 is 0 Å². The van der Waals surface area contributed by atoms with Crippen LogP contribution in [0.25, 0.3) is 16.9 Å². The SMILES string of the molecule is CN(Cc1cn(-c2ccccc2)nc1-c1ccccc1)C(=O)COc1ccc(C#N)cc1. The molecule has 0 fully saturated rings. The van der Waals surface area contributed by atoms with Crippen LogP contribution in [0.15, 0.2) is 91.1 Å². The Labute approximate surface area is 186 Å². The predicted octanol–water partition coefficient (Wildman–Crippen LogP) is 4.45. The molecule has 4 rings (SSSR count). The third-order valence-corrected chi connectivity index (χ3v) is 5.04. The van der Waals surface area contributed by atoms with Crippen molar-refractivity contribution in [2.45, 2.75) is 6.54 Å². The summed E-state index contributed by atoms with van der Waals surface area (Å²) in [7, 11) is 1.75. The number of benzene rings is 3. The molecule has 0 saturated heterocycles. The average molecular weight is 422 g/mol. The van der Waals surface area contributed by atoms with E-state index >= 15 is 0 Å². The van der Waals surface area contributed by atoms with Gasteiger partial charge in [0.1, 0.15) is 5.75 Å². The summed E-state index contributed by atoms with van der Waals surface area (Å²) in [6.45, 7) is 0.308. The number of rotatable bonds is 7. The molecule has 1 aromatic heterocycles. The van der Waals surface area contributed by atoms with Crippen molar-refractivity contribution in [2.24, 2.45) is 0 Å². The Morgan fingerprint density at radius 1 is 1.00 bits per heavy atom. The van der Waals surface area contributed by atoms with E-state index < -0.39 is 0 Å². The lowest BCUT2D eigenvalue weighted by Gasteiger charge is -2.17.